The van der Waals surface area contributed by atoms with Crippen molar-refractivity contribution < 1.29 is 0 Å². The van der Waals surface area contributed by atoms with Crippen molar-refractivity contribution in [3.63, 3.8) is 0 Å². The molecule has 0 saturated carbocycles. The van der Waals surface area contributed by atoms with Gasteiger partial charge in [0.1, 0.15) is 0 Å². The Morgan fingerprint density at radius 3 is 2.71 bits per heavy atom. The van der Waals surface area contributed by atoms with Gasteiger partial charge in [-0.15, -0.1) is 0 Å². The smallest absolute Gasteiger partial charge is 0.0659 e. The zero-order chi connectivity index (χ0) is 12.3. The number of nitrogens with zero attached hydrogens (tertiary/aromatic N) is 1. The van der Waals surface area contributed by atoms with Gasteiger partial charge in [0.2, 0.25) is 0 Å². The summed E-state index contributed by atoms with van der Waals surface area (Å²) >= 11 is 6.20. The van der Waals surface area contributed by atoms with Crippen molar-refractivity contribution in [3.05, 3.63) is 47.2 Å². The predicted molar refractivity (Wildman–Crippen MR) is 73.9 cm³/mol. The fraction of sp³-hybridized carbons (Fsp3) is 0.231. The molecule has 2 rings (SSSR count). The Kier molecular flexibility index (Phi) is 3.59. The first-order valence-corrected chi connectivity index (χ1v) is 5.87. The summed E-state index contributed by atoms with van der Waals surface area (Å²) in [6.45, 7) is 0.768. The van der Waals surface area contributed by atoms with E-state index in [0.717, 1.165) is 28.6 Å². The lowest BCUT2D eigenvalue weighted by Gasteiger charge is -2.15. The van der Waals surface area contributed by atoms with E-state index in [4.69, 9.17) is 11.6 Å². The number of aromatic nitrogens is 1. The molecule has 0 saturated heterocycles. The molecule has 0 radical (unpaired) electrons. The van der Waals surface area contributed by atoms with Crippen molar-refractivity contribution in [2.24, 2.45) is 0 Å². The summed E-state index contributed by atoms with van der Waals surface area (Å²) in [6, 6.07) is 10.0. The van der Waals surface area contributed by atoms with Crippen LogP contribution in [-0.4, -0.2) is 19.1 Å². The van der Waals surface area contributed by atoms with E-state index in [0.29, 0.717) is 0 Å². The second-order valence-electron chi connectivity index (χ2n) is 4.11. The molecule has 0 amide bonds. The minimum absolute atomic E-state index is 0.756. The van der Waals surface area contributed by atoms with E-state index < -0.39 is 0 Å². The summed E-state index contributed by atoms with van der Waals surface area (Å²) in [5, 5.41) is 4.08. The molecule has 17 heavy (non-hydrogen) atoms. The lowest BCUT2D eigenvalue weighted by atomic mass is 10.2. The molecule has 2 N–H and O–H groups in total. The molecule has 0 atom stereocenters. The van der Waals surface area contributed by atoms with Gasteiger partial charge in [-0.3, -0.25) is 0 Å². The second kappa shape index (κ2) is 5.15. The van der Waals surface area contributed by atoms with E-state index >= 15 is 0 Å². The van der Waals surface area contributed by atoms with Gasteiger partial charge in [-0.2, -0.15) is 0 Å². The number of aromatic amines is 1. The highest BCUT2D eigenvalue weighted by molar-refractivity contribution is 6.33. The van der Waals surface area contributed by atoms with Crippen LogP contribution in [0.1, 0.15) is 5.69 Å². The normalized spacial score (nSPS) is 10.3. The summed E-state index contributed by atoms with van der Waals surface area (Å²) < 4.78 is 0. The van der Waals surface area contributed by atoms with Crippen molar-refractivity contribution in [2.45, 2.75) is 6.54 Å². The Balaban J connectivity index is 2.05. The van der Waals surface area contributed by atoms with Gasteiger partial charge in [0.15, 0.2) is 0 Å². The number of benzene rings is 1. The van der Waals surface area contributed by atoms with Crippen molar-refractivity contribution in [1.82, 2.24) is 4.98 Å². The van der Waals surface area contributed by atoms with Crippen LogP contribution < -0.4 is 10.2 Å². The molecule has 3 nitrogen and oxygen atoms in total. The zero-order valence-electron chi connectivity index (χ0n) is 10.00. The fourth-order valence-electron chi connectivity index (χ4n) is 1.65. The summed E-state index contributed by atoms with van der Waals surface area (Å²) in [5.74, 6) is 0. The number of rotatable bonds is 4. The highest BCUT2D eigenvalue weighted by Gasteiger charge is 2.03. The van der Waals surface area contributed by atoms with Gasteiger partial charge in [0, 0.05) is 31.7 Å². The standard InChI is InChI=1S/C13H16ClN3/c1-17(2)13-6-5-10(8-12(13)14)16-9-11-4-3-7-15-11/h3-8,15-16H,9H2,1-2H3. The first-order valence-electron chi connectivity index (χ1n) is 5.50. The van der Waals surface area contributed by atoms with Crippen LogP contribution in [0.5, 0.6) is 0 Å². The molecule has 1 heterocycles. The summed E-state index contributed by atoms with van der Waals surface area (Å²) in [6.07, 6.45) is 1.92. The van der Waals surface area contributed by atoms with Crippen LogP contribution in [0.3, 0.4) is 0 Å². The van der Waals surface area contributed by atoms with Crippen LogP contribution in [0.2, 0.25) is 5.02 Å². The molecule has 1 aromatic heterocycles. The Bertz CT molecular complexity index is 477. The third-order valence-electron chi connectivity index (χ3n) is 2.57. The molecule has 2 aromatic rings. The quantitative estimate of drug-likeness (QED) is 0.871. The molecular formula is C13H16ClN3. The maximum Gasteiger partial charge on any atom is 0.0659 e. The molecule has 0 aliphatic heterocycles. The Morgan fingerprint density at radius 2 is 2.12 bits per heavy atom. The molecule has 0 aliphatic carbocycles. The average Bonchev–Trinajstić information content (AvgIpc) is 2.78. The van der Waals surface area contributed by atoms with Crippen molar-refractivity contribution in [3.8, 4) is 0 Å². The van der Waals surface area contributed by atoms with Gasteiger partial charge in [0.25, 0.3) is 0 Å². The minimum atomic E-state index is 0.756. The highest BCUT2D eigenvalue weighted by Crippen LogP contribution is 2.27. The first kappa shape index (κ1) is 11.9. The fourth-order valence-corrected chi connectivity index (χ4v) is 2.00. The number of halogens is 1. The Labute approximate surface area is 106 Å². The summed E-state index contributed by atoms with van der Waals surface area (Å²) in [4.78, 5) is 5.15. The zero-order valence-corrected chi connectivity index (χ0v) is 10.8. The Hall–Kier alpha value is -1.61. The SMILES string of the molecule is CN(C)c1ccc(NCc2ccc[nH]2)cc1Cl. The van der Waals surface area contributed by atoms with Crippen LogP contribution >= 0.6 is 11.6 Å². The van der Waals surface area contributed by atoms with E-state index in [1.54, 1.807) is 0 Å². The highest BCUT2D eigenvalue weighted by atomic mass is 35.5. The van der Waals surface area contributed by atoms with E-state index in [2.05, 4.69) is 10.3 Å². The monoisotopic (exact) mass is 249 g/mol. The topological polar surface area (TPSA) is 31.1 Å². The maximum absolute atomic E-state index is 6.20. The average molecular weight is 250 g/mol. The van der Waals surface area contributed by atoms with E-state index in [1.165, 1.54) is 0 Å². The van der Waals surface area contributed by atoms with Crippen molar-refractivity contribution in [1.29, 1.82) is 0 Å². The van der Waals surface area contributed by atoms with E-state index in [9.17, 15) is 0 Å². The molecule has 0 unspecified atom stereocenters. The Morgan fingerprint density at radius 1 is 1.29 bits per heavy atom. The molecule has 0 aliphatic rings. The van der Waals surface area contributed by atoms with Gasteiger partial charge < -0.3 is 15.2 Å². The van der Waals surface area contributed by atoms with Gasteiger partial charge in [-0.25, -0.2) is 0 Å². The summed E-state index contributed by atoms with van der Waals surface area (Å²) in [7, 11) is 3.96. The maximum atomic E-state index is 6.20. The number of anilines is 2. The van der Waals surface area contributed by atoms with E-state index in [1.807, 2.05) is 55.5 Å². The van der Waals surface area contributed by atoms with Crippen molar-refractivity contribution in [2.75, 3.05) is 24.3 Å². The molecule has 0 bridgehead atoms. The van der Waals surface area contributed by atoms with Crippen LogP contribution in [0, 0.1) is 0 Å². The third kappa shape index (κ3) is 2.94. The van der Waals surface area contributed by atoms with Gasteiger partial charge in [-0.05, 0) is 30.3 Å². The molecular weight excluding hydrogens is 234 g/mol. The van der Waals surface area contributed by atoms with Crippen LogP contribution in [0.15, 0.2) is 36.5 Å². The molecule has 4 heteroatoms. The number of nitrogens with one attached hydrogen (secondary N) is 2. The summed E-state index contributed by atoms with van der Waals surface area (Å²) in [5.41, 5.74) is 3.20. The lowest BCUT2D eigenvalue weighted by Crippen LogP contribution is -2.09. The predicted octanol–water partition coefficient (Wildman–Crippen LogP) is 3.35. The number of H-pyrrole nitrogens is 1. The number of hydrogen-bond donors (Lipinski definition) is 2. The largest absolute Gasteiger partial charge is 0.379 e. The third-order valence-corrected chi connectivity index (χ3v) is 2.88. The van der Waals surface area contributed by atoms with Crippen molar-refractivity contribution >= 4 is 23.0 Å². The molecule has 90 valence electrons. The van der Waals surface area contributed by atoms with Crippen LogP contribution in [-0.2, 0) is 6.54 Å². The van der Waals surface area contributed by atoms with Crippen LogP contribution in [0.25, 0.3) is 0 Å². The van der Waals surface area contributed by atoms with Crippen LogP contribution in [0.4, 0.5) is 11.4 Å². The van der Waals surface area contributed by atoms with E-state index in [-0.39, 0.29) is 0 Å². The molecule has 1 aromatic carbocycles. The minimum Gasteiger partial charge on any atom is -0.379 e. The first-order chi connectivity index (χ1) is 8.16. The lowest BCUT2D eigenvalue weighted by molar-refractivity contribution is 1.07. The molecule has 0 spiro atoms. The van der Waals surface area contributed by atoms with Gasteiger partial charge >= 0.3 is 0 Å². The van der Waals surface area contributed by atoms with Gasteiger partial charge in [-0.1, -0.05) is 11.6 Å². The number of hydrogen-bond acceptors (Lipinski definition) is 2. The second-order valence-corrected chi connectivity index (χ2v) is 4.52. The van der Waals surface area contributed by atoms with Gasteiger partial charge in [0.05, 0.1) is 17.3 Å². The molecule has 0 fully saturated rings.